The summed E-state index contributed by atoms with van der Waals surface area (Å²) in [6, 6.07) is 1.27. The van der Waals surface area contributed by atoms with Gasteiger partial charge in [-0.15, -0.1) is 0 Å². The lowest BCUT2D eigenvalue weighted by molar-refractivity contribution is 0.0850. The van der Waals surface area contributed by atoms with E-state index in [1.165, 1.54) is 19.4 Å². The Hall–Kier alpha value is -0.120. The third-order valence-electron chi connectivity index (χ3n) is 3.36. The van der Waals surface area contributed by atoms with E-state index >= 15 is 0 Å². The summed E-state index contributed by atoms with van der Waals surface area (Å²) in [4.78, 5) is 2.59. The first kappa shape index (κ1) is 13.9. The number of hydrogen-bond acceptors (Lipinski definition) is 3. The molecule has 96 valence electrons. The molecule has 1 fully saturated rings. The maximum Gasteiger partial charge on any atom is 0.0630 e. The average molecular weight is 228 g/mol. The van der Waals surface area contributed by atoms with E-state index < -0.39 is 0 Å². The molecule has 0 amide bonds. The van der Waals surface area contributed by atoms with Gasteiger partial charge in [-0.1, -0.05) is 13.8 Å². The van der Waals surface area contributed by atoms with Gasteiger partial charge in [-0.3, -0.25) is 4.90 Å². The lowest BCUT2D eigenvalue weighted by Crippen LogP contribution is -2.47. The van der Waals surface area contributed by atoms with Gasteiger partial charge in [-0.05, 0) is 38.8 Å². The highest BCUT2D eigenvalue weighted by molar-refractivity contribution is 4.83. The van der Waals surface area contributed by atoms with Gasteiger partial charge in [-0.25, -0.2) is 0 Å². The van der Waals surface area contributed by atoms with E-state index in [0.717, 1.165) is 31.7 Å². The fourth-order valence-electron chi connectivity index (χ4n) is 2.50. The van der Waals surface area contributed by atoms with Gasteiger partial charge in [-0.2, -0.15) is 0 Å². The van der Waals surface area contributed by atoms with Gasteiger partial charge in [0, 0.05) is 25.7 Å². The third-order valence-corrected chi connectivity index (χ3v) is 3.36. The lowest BCUT2D eigenvalue weighted by atomic mass is 10.2. The van der Waals surface area contributed by atoms with Crippen LogP contribution in [0.2, 0.25) is 0 Å². The van der Waals surface area contributed by atoms with Crippen LogP contribution < -0.4 is 5.32 Å². The van der Waals surface area contributed by atoms with Crippen LogP contribution in [0.4, 0.5) is 0 Å². The number of rotatable bonds is 7. The molecule has 2 unspecified atom stereocenters. The zero-order valence-electron chi connectivity index (χ0n) is 11.3. The number of nitrogens with one attached hydrogen (secondary N) is 1. The highest BCUT2D eigenvalue weighted by Crippen LogP contribution is 2.19. The zero-order chi connectivity index (χ0) is 12.0. The summed E-state index contributed by atoms with van der Waals surface area (Å²) < 4.78 is 5.34. The molecule has 2 atom stereocenters. The molecule has 0 aromatic rings. The second-order valence-corrected chi connectivity index (χ2v) is 5.39. The van der Waals surface area contributed by atoms with Gasteiger partial charge in [0.25, 0.3) is 0 Å². The van der Waals surface area contributed by atoms with Crippen molar-refractivity contribution in [1.82, 2.24) is 10.2 Å². The fourth-order valence-corrected chi connectivity index (χ4v) is 2.50. The van der Waals surface area contributed by atoms with E-state index in [-0.39, 0.29) is 0 Å². The van der Waals surface area contributed by atoms with Crippen molar-refractivity contribution in [3.05, 3.63) is 0 Å². The van der Waals surface area contributed by atoms with Gasteiger partial charge >= 0.3 is 0 Å². The largest absolute Gasteiger partial charge is 0.383 e. The number of methoxy groups -OCH3 is 1. The quantitative estimate of drug-likeness (QED) is 0.718. The minimum absolute atomic E-state index is 0.543. The predicted molar refractivity (Wildman–Crippen MR) is 68.8 cm³/mol. The van der Waals surface area contributed by atoms with Gasteiger partial charge in [0.05, 0.1) is 6.61 Å². The highest BCUT2D eigenvalue weighted by atomic mass is 16.5. The molecule has 1 aliphatic rings. The Morgan fingerprint density at radius 1 is 1.38 bits per heavy atom. The van der Waals surface area contributed by atoms with Crippen molar-refractivity contribution in [3.8, 4) is 0 Å². The monoisotopic (exact) mass is 228 g/mol. The maximum absolute atomic E-state index is 5.34. The van der Waals surface area contributed by atoms with Gasteiger partial charge in [0.15, 0.2) is 0 Å². The van der Waals surface area contributed by atoms with Crippen LogP contribution in [-0.2, 0) is 4.74 Å². The fraction of sp³-hybridized carbons (Fsp3) is 1.00. The van der Waals surface area contributed by atoms with Crippen LogP contribution in [0.3, 0.4) is 0 Å². The molecule has 0 spiro atoms. The Balaban J connectivity index is 2.34. The van der Waals surface area contributed by atoms with Gasteiger partial charge < -0.3 is 10.1 Å². The van der Waals surface area contributed by atoms with E-state index in [4.69, 9.17) is 4.74 Å². The molecule has 0 bridgehead atoms. The zero-order valence-corrected chi connectivity index (χ0v) is 11.3. The summed E-state index contributed by atoms with van der Waals surface area (Å²) in [6.07, 6.45) is 2.68. The first-order chi connectivity index (χ1) is 7.65. The van der Waals surface area contributed by atoms with Crippen LogP contribution in [-0.4, -0.2) is 50.3 Å². The predicted octanol–water partition coefficient (Wildman–Crippen LogP) is 1.73. The summed E-state index contributed by atoms with van der Waals surface area (Å²) in [7, 11) is 1.80. The average Bonchev–Trinajstić information content (AvgIpc) is 2.63. The van der Waals surface area contributed by atoms with Crippen molar-refractivity contribution < 1.29 is 4.74 Å². The Labute approximate surface area is 101 Å². The van der Waals surface area contributed by atoms with Crippen LogP contribution in [0.1, 0.15) is 33.6 Å². The van der Waals surface area contributed by atoms with Crippen molar-refractivity contribution in [2.45, 2.75) is 45.7 Å². The number of ether oxygens (including phenoxy) is 1. The Kier molecular flexibility index (Phi) is 6.32. The molecule has 3 heteroatoms. The minimum Gasteiger partial charge on any atom is -0.383 e. The molecule has 1 N–H and O–H groups in total. The standard InChI is InChI=1S/C13H28N2O/c1-11(2)8-14-9-13(10-16-4)15-7-5-6-12(15)3/h11-14H,5-10H2,1-4H3. The molecule has 0 radical (unpaired) electrons. The Morgan fingerprint density at radius 3 is 2.62 bits per heavy atom. The second kappa shape index (κ2) is 7.25. The van der Waals surface area contributed by atoms with Crippen LogP contribution in [0, 0.1) is 5.92 Å². The van der Waals surface area contributed by atoms with Crippen molar-refractivity contribution >= 4 is 0 Å². The van der Waals surface area contributed by atoms with Crippen molar-refractivity contribution in [2.24, 2.45) is 5.92 Å². The number of nitrogens with zero attached hydrogens (tertiary/aromatic N) is 1. The summed E-state index contributed by atoms with van der Waals surface area (Å²) in [5.41, 5.74) is 0. The van der Waals surface area contributed by atoms with Crippen LogP contribution >= 0.6 is 0 Å². The molecular formula is C13H28N2O. The van der Waals surface area contributed by atoms with E-state index in [1.807, 2.05) is 0 Å². The highest BCUT2D eigenvalue weighted by Gasteiger charge is 2.27. The first-order valence-corrected chi connectivity index (χ1v) is 6.60. The van der Waals surface area contributed by atoms with Crippen LogP contribution in [0.15, 0.2) is 0 Å². The number of likely N-dealkylation sites (tertiary alicyclic amines) is 1. The molecule has 0 aromatic heterocycles. The lowest BCUT2D eigenvalue weighted by Gasteiger charge is -2.31. The molecule has 1 aliphatic heterocycles. The summed E-state index contributed by atoms with van der Waals surface area (Å²) in [6.45, 7) is 11.1. The summed E-state index contributed by atoms with van der Waals surface area (Å²) in [5.74, 6) is 0.721. The van der Waals surface area contributed by atoms with E-state index in [9.17, 15) is 0 Å². The van der Waals surface area contributed by atoms with Crippen molar-refractivity contribution in [2.75, 3.05) is 33.4 Å². The molecule has 0 aromatic carbocycles. The van der Waals surface area contributed by atoms with E-state index in [1.54, 1.807) is 7.11 Å². The molecular weight excluding hydrogens is 200 g/mol. The van der Waals surface area contributed by atoms with Crippen molar-refractivity contribution in [1.29, 1.82) is 0 Å². The second-order valence-electron chi connectivity index (χ2n) is 5.39. The molecule has 16 heavy (non-hydrogen) atoms. The SMILES string of the molecule is COCC(CNCC(C)C)N1CCCC1C. The van der Waals surface area contributed by atoms with Crippen molar-refractivity contribution in [3.63, 3.8) is 0 Å². The smallest absolute Gasteiger partial charge is 0.0630 e. The molecule has 1 saturated heterocycles. The van der Waals surface area contributed by atoms with Gasteiger partial charge in [0.2, 0.25) is 0 Å². The third kappa shape index (κ3) is 4.40. The summed E-state index contributed by atoms with van der Waals surface area (Å²) >= 11 is 0. The van der Waals surface area contributed by atoms with E-state index in [0.29, 0.717) is 6.04 Å². The maximum atomic E-state index is 5.34. The molecule has 0 aliphatic carbocycles. The topological polar surface area (TPSA) is 24.5 Å². The van der Waals surface area contributed by atoms with Gasteiger partial charge in [0.1, 0.15) is 0 Å². The Bertz CT molecular complexity index is 185. The molecule has 3 nitrogen and oxygen atoms in total. The molecule has 1 rings (SSSR count). The van der Waals surface area contributed by atoms with Crippen LogP contribution in [0.25, 0.3) is 0 Å². The normalized spacial score (nSPS) is 24.2. The summed E-state index contributed by atoms with van der Waals surface area (Å²) in [5, 5.41) is 3.55. The van der Waals surface area contributed by atoms with Crippen LogP contribution in [0.5, 0.6) is 0 Å². The van der Waals surface area contributed by atoms with E-state index in [2.05, 4.69) is 31.0 Å². The molecule has 0 saturated carbocycles. The first-order valence-electron chi connectivity index (χ1n) is 6.60. The Morgan fingerprint density at radius 2 is 2.12 bits per heavy atom. The minimum atomic E-state index is 0.543. The molecule has 1 heterocycles. The number of hydrogen-bond donors (Lipinski definition) is 1.